The lowest BCUT2D eigenvalue weighted by atomic mass is 10.2. The van der Waals surface area contributed by atoms with E-state index in [1.807, 2.05) is 19.1 Å². The first-order valence-electron chi connectivity index (χ1n) is 6.43. The fraction of sp³-hybridized carbons (Fsp3) is 0.571. The molecule has 0 radical (unpaired) electrons. The highest BCUT2D eigenvalue weighted by Gasteiger charge is 2.21. The van der Waals surface area contributed by atoms with E-state index >= 15 is 0 Å². The summed E-state index contributed by atoms with van der Waals surface area (Å²) in [6, 6.07) is 6.66. The maximum Gasteiger partial charge on any atom is 0.124 e. The summed E-state index contributed by atoms with van der Waals surface area (Å²) in [5, 5.41) is 13.0. The predicted molar refractivity (Wildman–Crippen MR) is 75.8 cm³/mol. The molecule has 0 spiro atoms. The van der Waals surface area contributed by atoms with Crippen molar-refractivity contribution < 1.29 is 9.84 Å². The van der Waals surface area contributed by atoms with E-state index < -0.39 is 6.10 Å². The highest BCUT2D eigenvalue weighted by Crippen LogP contribution is 2.26. The molecule has 1 aliphatic rings. The lowest BCUT2D eigenvalue weighted by molar-refractivity contribution is 0.0597. The third kappa shape index (κ3) is 3.97. The summed E-state index contributed by atoms with van der Waals surface area (Å²) >= 11 is 3.48. The van der Waals surface area contributed by atoms with E-state index in [4.69, 9.17) is 4.74 Å². The number of hydrogen-bond acceptors (Lipinski definition) is 3. The van der Waals surface area contributed by atoms with Gasteiger partial charge in [0.25, 0.3) is 0 Å². The van der Waals surface area contributed by atoms with Crippen molar-refractivity contribution in [3.8, 4) is 5.75 Å². The number of aliphatic hydroxyl groups excluding tert-OH is 1. The first-order chi connectivity index (χ1) is 8.56. The number of halogens is 1. The Morgan fingerprint density at radius 3 is 2.78 bits per heavy atom. The van der Waals surface area contributed by atoms with Crippen molar-refractivity contribution in [1.82, 2.24) is 5.32 Å². The van der Waals surface area contributed by atoms with Gasteiger partial charge in [0, 0.05) is 22.6 Å². The monoisotopic (exact) mass is 313 g/mol. The van der Waals surface area contributed by atoms with Crippen LogP contribution < -0.4 is 10.1 Å². The highest BCUT2D eigenvalue weighted by atomic mass is 79.9. The van der Waals surface area contributed by atoms with Crippen LogP contribution in [0.2, 0.25) is 0 Å². The third-order valence-electron chi connectivity index (χ3n) is 3.17. The van der Waals surface area contributed by atoms with E-state index in [0.29, 0.717) is 6.04 Å². The number of benzene rings is 1. The maximum absolute atomic E-state index is 9.51. The quantitative estimate of drug-likeness (QED) is 0.848. The summed E-state index contributed by atoms with van der Waals surface area (Å²) in [6.07, 6.45) is 1.87. The molecule has 2 unspecified atom stereocenters. The molecule has 0 aliphatic heterocycles. The van der Waals surface area contributed by atoms with E-state index in [1.54, 1.807) is 6.92 Å². The molecule has 1 fully saturated rings. The van der Waals surface area contributed by atoms with E-state index in [9.17, 15) is 5.11 Å². The second-order valence-electron chi connectivity index (χ2n) is 4.97. The molecule has 3 nitrogen and oxygen atoms in total. The molecule has 2 atom stereocenters. The van der Waals surface area contributed by atoms with Gasteiger partial charge < -0.3 is 15.2 Å². The number of nitrogens with one attached hydrogen (secondary N) is 1. The summed E-state index contributed by atoms with van der Waals surface area (Å²) < 4.78 is 6.85. The van der Waals surface area contributed by atoms with E-state index in [1.165, 1.54) is 12.8 Å². The average Bonchev–Trinajstić information content (AvgIpc) is 3.13. The van der Waals surface area contributed by atoms with Gasteiger partial charge in [-0.3, -0.25) is 0 Å². The van der Waals surface area contributed by atoms with E-state index in [0.717, 1.165) is 22.3 Å². The van der Waals surface area contributed by atoms with Gasteiger partial charge in [-0.1, -0.05) is 15.9 Å². The molecule has 1 aromatic rings. The molecule has 0 heterocycles. The molecule has 100 valence electrons. The smallest absolute Gasteiger partial charge is 0.124 e. The minimum atomic E-state index is -0.474. The van der Waals surface area contributed by atoms with Crippen molar-refractivity contribution in [1.29, 1.82) is 0 Å². The van der Waals surface area contributed by atoms with Gasteiger partial charge in [0.1, 0.15) is 11.9 Å². The van der Waals surface area contributed by atoms with Crippen molar-refractivity contribution in [2.75, 3.05) is 0 Å². The second-order valence-corrected chi connectivity index (χ2v) is 5.89. The second kappa shape index (κ2) is 6.04. The first kappa shape index (κ1) is 13.8. The zero-order valence-electron chi connectivity index (χ0n) is 10.8. The zero-order valence-corrected chi connectivity index (χ0v) is 12.4. The van der Waals surface area contributed by atoms with Crippen LogP contribution >= 0.6 is 15.9 Å². The Kier molecular flexibility index (Phi) is 4.65. The average molecular weight is 314 g/mol. The van der Waals surface area contributed by atoms with Crippen LogP contribution in [-0.2, 0) is 6.54 Å². The molecule has 1 aromatic carbocycles. The van der Waals surface area contributed by atoms with Crippen LogP contribution in [0.1, 0.15) is 32.3 Å². The van der Waals surface area contributed by atoms with Gasteiger partial charge in [-0.15, -0.1) is 0 Å². The molecule has 2 N–H and O–H groups in total. The van der Waals surface area contributed by atoms with Crippen molar-refractivity contribution in [2.45, 2.75) is 51.5 Å². The molecule has 0 bridgehead atoms. The van der Waals surface area contributed by atoms with Crippen LogP contribution in [0, 0.1) is 0 Å². The van der Waals surface area contributed by atoms with Crippen LogP contribution in [0.4, 0.5) is 0 Å². The molecule has 18 heavy (non-hydrogen) atoms. The van der Waals surface area contributed by atoms with Crippen LogP contribution in [0.25, 0.3) is 0 Å². The van der Waals surface area contributed by atoms with Gasteiger partial charge in [-0.2, -0.15) is 0 Å². The fourth-order valence-corrected chi connectivity index (χ4v) is 2.05. The summed E-state index contributed by atoms with van der Waals surface area (Å²) in [7, 11) is 0. The Morgan fingerprint density at radius 2 is 2.17 bits per heavy atom. The molecular weight excluding hydrogens is 294 g/mol. The standard InChI is InChI=1S/C14H20BrNO2/c1-9(17)10(2)18-14-6-3-12(15)7-11(14)8-16-13-4-5-13/h3,6-7,9-10,13,16-17H,4-5,8H2,1-2H3. The molecule has 0 amide bonds. The Bertz CT molecular complexity index is 405. The number of rotatable bonds is 6. The lowest BCUT2D eigenvalue weighted by Crippen LogP contribution is -2.26. The molecule has 0 saturated heterocycles. The molecular formula is C14H20BrNO2. The fourth-order valence-electron chi connectivity index (χ4n) is 1.64. The SMILES string of the molecule is CC(O)C(C)Oc1ccc(Br)cc1CNC1CC1. The molecule has 4 heteroatoms. The van der Waals surface area contributed by atoms with Crippen molar-refractivity contribution in [3.63, 3.8) is 0 Å². The normalized spacial score (nSPS) is 18.4. The molecule has 2 rings (SSSR count). The number of ether oxygens (including phenoxy) is 1. The van der Waals surface area contributed by atoms with Crippen molar-refractivity contribution in [3.05, 3.63) is 28.2 Å². The van der Waals surface area contributed by atoms with Gasteiger partial charge in [0.05, 0.1) is 6.10 Å². The van der Waals surface area contributed by atoms with Gasteiger partial charge >= 0.3 is 0 Å². The minimum Gasteiger partial charge on any atom is -0.488 e. The molecule has 1 saturated carbocycles. The highest BCUT2D eigenvalue weighted by molar-refractivity contribution is 9.10. The molecule has 1 aliphatic carbocycles. The summed E-state index contributed by atoms with van der Waals surface area (Å²) in [4.78, 5) is 0. The number of hydrogen-bond donors (Lipinski definition) is 2. The lowest BCUT2D eigenvalue weighted by Gasteiger charge is -2.20. The van der Waals surface area contributed by atoms with E-state index in [2.05, 4.69) is 27.3 Å². The van der Waals surface area contributed by atoms with Crippen molar-refractivity contribution in [2.24, 2.45) is 0 Å². The maximum atomic E-state index is 9.51. The summed E-state index contributed by atoms with van der Waals surface area (Å²) in [5.74, 6) is 0.847. The van der Waals surface area contributed by atoms with Gasteiger partial charge in [-0.05, 0) is 44.9 Å². The predicted octanol–water partition coefficient (Wildman–Crippen LogP) is 2.85. The molecule has 0 aromatic heterocycles. The van der Waals surface area contributed by atoms with Gasteiger partial charge in [0.2, 0.25) is 0 Å². The topological polar surface area (TPSA) is 41.5 Å². The number of aliphatic hydroxyl groups is 1. The van der Waals surface area contributed by atoms with Crippen LogP contribution in [0.15, 0.2) is 22.7 Å². The van der Waals surface area contributed by atoms with Crippen LogP contribution in [-0.4, -0.2) is 23.4 Å². The van der Waals surface area contributed by atoms with Gasteiger partial charge in [-0.25, -0.2) is 0 Å². The summed E-state index contributed by atoms with van der Waals surface area (Å²) in [6.45, 7) is 4.43. The third-order valence-corrected chi connectivity index (χ3v) is 3.67. The Labute approximate surface area is 117 Å². The van der Waals surface area contributed by atoms with Crippen LogP contribution in [0.3, 0.4) is 0 Å². The Hall–Kier alpha value is -0.580. The first-order valence-corrected chi connectivity index (χ1v) is 7.22. The van der Waals surface area contributed by atoms with Crippen LogP contribution in [0.5, 0.6) is 5.75 Å². The summed E-state index contributed by atoms with van der Waals surface area (Å²) in [5.41, 5.74) is 1.13. The Balaban J connectivity index is 2.06. The van der Waals surface area contributed by atoms with Gasteiger partial charge in [0.15, 0.2) is 0 Å². The zero-order chi connectivity index (χ0) is 13.1. The Morgan fingerprint density at radius 1 is 1.44 bits per heavy atom. The minimum absolute atomic E-state index is 0.203. The van der Waals surface area contributed by atoms with Crippen molar-refractivity contribution >= 4 is 15.9 Å². The van der Waals surface area contributed by atoms with E-state index in [-0.39, 0.29) is 6.10 Å². The largest absolute Gasteiger partial charge is 0.488 e.